The highest BCUT2D eigenvalue weighted by Gasteiger charge is 2.30. The average molecular weight is 549 g/mol. The number of hydrazine groups is 1. The van der Waals surface area contributed by atoms with Crippen molar-refractivity contribution in [1.29, 1.82) is 0 Å². The highest BCUT2D eigenvalue weighted by Crippen LogP contribution is 2.18. The highest BCUT2D eigenvalue weighted by molar-refractivity contribution is 7.85. The van der Waals surface area contributed by atoms with Crippen molar-refractivity contribution in [1.82, 2.24) is 20.9 Å². The van der Waals surface area contributed by atoms with Gasteiger partial charge in [-0.25, -0.2) is 10.0 Å². The molecule has 0 aliphatic rings. The van der Waals surface area contributed by atoms with Crippen molar-refractivity contribution < 1.29 is 32.2 Å². The summed E-state index contributed by atoms with van der Waals surface area (Å²) in [4.78, 5) is 46.2. The molecule has 0 saturated carbocycles. The summed E-state index contributed by atoms with van der Waals surface area (Å²) in [6.07, 6.45) is 1.94. The van der Waals surface area contributed by atoms with Crippen LogP contribution in [0.4, 0.5) is 5.82 Å². The quantitative estimate of drug-likeness (QED) is 0.166. The number of azo groups is 1. The number of hydrogen-bond donors (Lipinski definition) is 3. The van der Waals surface area contributed by atoms with Crippen LogP contribution >= 0.6 is 0 Å². The molecule has 206 valence electrons. The molecule has 1 aromatic heterocycles. The summed E-state index contributed by atoms with van der Waals surface area (Å²) in [6, 6.07) is 7.65. The normalized spacial score (nSPS) is 12.8. The minimum atomic E-state index is -4.40. The first-order chi connectivity index (χ1) is 17.7. The maximum atomic E-state index is 12.8. The molecule has 3 amide bonds. The smallest absolute Gasteiger partial charge is 0.282 e. The van der Waals surface area contributed by atoms with E-state index in [1.165, 1.54) is 36.5 Å². The average Bonchev–Trinajstić information content (AvgIpc) is 2.83. The molecule has 0 spiro atoms. The van der Waals surface area contributed by atoms with Gasteiger partial charge in [0, 0.05) is 6.20 Å². The Morgan fingerprint density at radius 1 is 1.16 bits per heavy atom. The van der Waals surface area contributed by atoms with Gasteiger partial charge in [-0.1, -0.05) is 32.0 Å². The molecule has 0 bridgehead atoms. The molecule has 0 fully saturated rings. The maximum absolute atomic E-state index is 12.8. The van der Waals surface area contributed by atoms with Crippen LogP contribution in [0.5, 0.6) is 0 Å². The predicted molar refractivity (Wildman–Crippen MR) is 136 cm³/mol. The van der Waals surface area contributed by atoms with Crippen LogP contribution in [0.3, 0.4) is 0 Å². The van der Waals surface area contributed by atoms with Gasteiger partial charge in [-0.3, -0.25) is 34.6 Å². The summed E-state index contributed by atoms with van der Waals surface area (Å²) in [6.45, 7) is 8.87. The summed E-state index contributed by atoms with van der Waals surface area (Å²) >= 11 is 0. The van der Waals surface area contributed by atoms with Crippen LogP contribution in [-0.4, -0.2) is 52.9 Å². The molecule has 1 atom stereocenters. The Morgan fingerprint density at radius 2 is 1.84 bits per heavy atom. The fourth-order valence-corrected chi connectivity index (χ4v) is 3.89. The minimum absolute atomic E-state index is 0.0555. The zero-order valence-corrected chi connectivity index (χ0v) is 22.6. The monoisotopic (exact) mass is 548 g/mol. The lowest BCUT2D eigenvalue weighted by Crippen LogP contribution is -2.53. The zero-order chi connectivity index (χ0) is 28.5. The second-order valence-electron chi connectivity index (χ2n) is 9.65. The third-order valence-electron chi connectivity index (χ3n) is 4.76. The SMILES string of the molecule is CC(C)C[C@@H](C(=O)NNC(=O)c1ccc(N=NCc2ccccc2S(=O)(=O)O)nc1)N(C=O)OC(C)(C)C. The van der Waals surface area contributed by atoms with E-state index < -0.39 is 33.6 Å². The van der Waals surface area contributed by atoms with Crippen molar-refractivity contribution in [3.63, 3.8) is 0 Å². The molecule has 38 heavy (non-hydrogen) atoms. The Bertz CT molecular complexity index is 1260. The van der Waals surface area contributed by atoms with Crippen LogP contribution in [0.1, 0.15) is 57.0 Å². The van der Waals surface area contributed by atoms with Gasteiger partial charge < -0.3 is 0 Å². The van der Waals surface area contributed by atoms with Gasteiger partial charge in [0.15, 0.2) is 5.82 Å². The van der Waals surface area contributed by atoms with E-state index in [1.54, 1.807) is 26.8 Å². The summed E-state index contributed by atoms with van der Waals surface area (Å²) in [5.41, 5.74) is 4.25. The molecule has 14 heteroatoms. The third-order valence-corrected chi connectivity index (χ3v) is 5.72. The number of amides is 3. The van der Waals surface area contributed by atoms with Gasteiger partial charge in [-0.05, 0) is 56.9 Å². The lowest BCUT2D eigenvalue weighted by atomic mass is 10.0. The Balaban J connectivity index is 2.01. The van der Waals surface area contributed by atoms with E-state index in [0.29, 0.717) is 12.8 Å². The van der Waals surface area contributed by atoms with E-state index in [1.807, 2.05) is 13.8 Å². The van der Waals surface area contributed by atoms with Gasteiger partial charge in [0.25, 0.3) is 21.9 Å². The van der Waals surface area contributed by atoms with Gasteiger partial charge >= 0.3 is 0 Å². The van der Waals surface area contributed by atoms with Crippen molar-refractivity contribution in [2.75, 3.05) is 0 Å². The Labute approximate surface area is 221 Å². The van der Waals surface area contributed by atoms with E-state index in [0.717, 1.165) is 5.06 Å². The van der Waals surface area contributed by atoms with E-state index >= 15 is 0 Å². The predicted octanol–water partition coefficient (Wildman–Crippen LogP) is 2.98. The number of carbonyl (C=O) groups is 3. The van der Waals surface area contributed by atoms with Gasteiger partial charge in [0.2, 0.25) is 6.41 Å². The highest BCUT2D eigenvalue weighted by atomic mass is 32.2. The van der Waals surface area contributed by atoms with E-state index in [2.05, 4.69) is 26.1 Å². The van der Waals surface area contributed by atoms with E-state index in [4.69, 9.17) is 4.84 Å². The first-order valence-electron chi connectivity index (χ1n) is 11.6. The summed E-state index contributed by atoms with van der Waals surface area (Å²) in [5.74, 6) is -1.09. The lowest BCUT2D eigenvalue weighted by molar-refractivity contribution is -0.232. The van der Waals surface area contributed by atoms with Crippen LogP contribution in [0, 0.1) is 5.92 Å². The number of nitrogens with zero attached hydrogens (tertiary/aromatic N) is 4. The fourth-order valence-electron chi connectivity index (χ4n) is 3.17. The Hall–Kier alpha value is -3.75. The van der Waals surface area contributed by atoms with Crippen LogP contribution < -0.4 is 10.9 Å². The molecule has 2 aromatic rings. The number of nitrogens with one attached hydrogen (secondary N) is 2. The Kier molecular flexibility index (Phi) is 10.6. The van der Waals surface area contributed by atoms with Crippen LogP contribution in [-0.2, 0) is 31.1 Å². The van der Waals surface area contributed by atoms with Crippen LogP contribution in [0.2, 0.25) is 0 Å². The maximum Gasteiger partial charge on any atom is 0.294 e. The molecule has 1 aromatic carbocycles. The topological polar surface area (TPSA) is 180 Å². The van der Waals surface area contributed by atoms with Crippen molar-refractivity contribution >= 4 is 34.2 Å². The van der Waals surface area contributed by atoms with E-state index in [-0.39, 0.29) is 34.3 Å². The van der Waals surface area contributed by atoms with Crippen molar-refractivity contribution in [3.8, 4) is 0 Å². The van der Waals surface area contributed by atoms with Gasteiger partial charge in [0.05, 0.1) is 22.6 Å². The molecule has 0 aliphatic heterocycles. The summed E-state index contributed by atoms with van der Waals surface area (Å²) in [5, 5.41) is 8.73. The number of carbonyl (C=O) groups excluding carboxylic acids is 3. The van der Waals surface area contributed by atoms with Crippen LogP contribution in [0.25, 0.3) is 0 Å². The molecular weight excluding hydrogens is 516 g/mol. The molecule has 1 heterocycles. The third kappa shape index (κ3) is 9.61. The number of pyridine rings is 1. The standard InChI is InChI=1S/C24H32N6O7S/c1-16(2)12-19(30(15-31)37-24(3,4)5)23(33)29-28-22(32)18-10-11-21(25-13-18)27-26-14-17-8-6-7-9-20(17)38(34,35)36/h6-11,13,15-16,19H,12,14H2,1-5H3,(H,28,32)(H,29,33)(H,34,35,36)/t19-/m0/s1. The minimum Gasteiger partial charge on any atom is -0.282 e. The number of rotatable bonds is 11. The molecule has 0 aliphatic carbocycles. The number of hydrogen-bond acceptors (Lipinski definition) is 9. The zero-order valence-electron chi connectivity index (χ0n) is 21.8. The molecule has 13 nitrogen and oxygen atoms in total. The first-order valence-corrected chi connectivity index (χ1v) is 13.1. The summed E-state index contributed by atoms with van der Waals surface area (Å²) < 4.78 is 32.2. The molecule has 0 saturated heterocycles. The number of benzene rings is 1. The number of aromatic nitrogens is 1. The van der Waals surface area contributed by atoms with Crippen LogP contribution in [0.15, 0.2) is 57.7 Å². The number of hydroxylamine groups is 2. The molecule has 3 N–H and O–H groups in total. The van der Waals surface area contributed by atoms with Crippen molar-refractivity contribution in [2.24, 2.45) is 16.1 Å². The van der Waals surface area contributed by atoms with Gasteiger partial charge in [-0.2, -0.15) is 13.5 Å². The lowest BCUT2D eigenvalue weighted by Gasteiger charge is -2.32. The first kappa shape index (κ1) is 30.5. The second-order valence-corrected chi connectivity index (χ2v) is 11.0. The fraction of sp³-hybridized carbons (Fsp3) is 0.417. The van der Waals surface area contributed by atoms with Crippen molar-refractivity contribution in [3.05, 3.63) is 53.7 Å². The largest absolute Gasteiger partial charge is 0.294 e. The molecule has 2 rings (SSSR count). The van der Waals surface area contributed by atoms with Gasteiger partial charge in [-0.15, -0.1) is 5.11 Å². The molecule has 0 radical (unpaired) electrons. The van der Waals surface area contributed by atoms with Crippen molar-refractivity contribution in [2.45, 2.75) is 64.1 Å². The van der Waals surface area contributed by atoms with E-state index in [9.17, 15) is 27.4 Å². The molecular formula is C24H32N6O7S. The molecule has 0 unspecified atom stereocenters. The van der Waals surface area contributed by atoms with Gasteiger partial charge in [0.1, 0.15) is 6.04 Å². The second kappa shape index (κ2) is 13.2. The Morgan fingerprint density at radius 3 is 2.39 bits per heavy atom. The summed E-state index contributed by atoms with van der Waals surface area (Å²) in [7, 11) is -4.40.